The molecule has 3 heterocycles. The predicted molar refractivity (Wildman–Crippen MR) is 122 cm³/mol. The lowest BCUT2D eigenvalue weighted by Gasteiger charge is -2.06. The van der Waals surface area contributed by atoms with Crippen LogP contribution in [0.25, 0.3) is 22.2 Å². The molecule has 5 aromatic rings. The van der Waals surface area contributed by atoms with E-state index in [4.69, 9.17) is 0 Å². The zero-order valence-corrected chi connectivity index (χ0v) is 17.1. The predicted octanol–water partition coefficient (Wildman–Crippen LogP) is 4.74. The Labute approximate surface area is 179 Å². The molecule has 0 fully saturated rings. The number of aryl methyl sites for hydroxylation is 1. The highest BCUT2D eigenvalue weighted by molar-refractivity contribution is 6.11. The van der Waals surface area contributed by atoms with Gasteiger partial charge in [-0.3, -0.25) is 14.5 Å². The zero-order chi connectivity index (χ0) is 21.2. The van der Waals surface area contributed by atoms with Gasteiger partial charge in [-0.15, -0.1) is 0 Å². The number of amides is 1. The topological polar surface area (TPSA) is 64.7 Å². The third-order valence-corrected chi connectivity index (χ3v) is 5.26. The summed E-state index contributed by atoms with van der Waals surface area (Å²) in [4.78, 5) is 17.4. The first kappa shape index (κ1) is 18.8. The van der Waals surface area contributed by atoms with Gasteiger partial charge in [-0.1, -0.05) is 42.5 Å². The van der Waals surface area contributed by atoms with E-state index in [2.05, 4.69) is 44.2 Å². The fourth-order valence-electron chi connectivity index (χ4n) is 3.71. The minimum absolute atomic E-state index is 0.166. The number of hydrogen-bond acceptors (Lipinski definition) is 3. The molecule has 6 heteroatoms. The molecule has 0 saturated carbocycles. The molecular weight excluding hydrogens is 386 g/mol. The zero-order valence-electron chi connectivity index (χ0n) is 17.1. The average Bonchev–Trinajstić information content (AvgIpc) is 3.39. The minimum Gasteiger partial charge on any atom is -0.341 e. The summed E-state index contributed by atoms with van der Waals surface area (Å²) in [5.74, 6) is -0.166. The Morgan fingerprint density at radius 3 is 2.48 bits per heavy atom. The van der Waals surface area contributed by atoms with Crippen molar-refractivity contribution in [3.8, 4) is 11.1 Å². The molecule has 6 nitrogen and oxygen atoms in total. The second-order valence-electron chi connectivity index (χ2n) is 7.46. The number of carbonyl (C=O) groups is 1. The van der Waals surface area contributed by atoms with Gasteiger partial charge < -0.3 is 9.88 Å². The summed E-state index contributed by atoms with van der Waals surface area (Å²) >= 11 is 0. The number of benzene rings is 2. The van der Waals surface area contributed by atoms with Crippen molar-refractivity contribution in [2.45, 2.75) is 6.54 Å². The molecule has 152 valence electrons. The molecule has 0 unspecified atom stereocenters. The van der Waals surface area contributed by atoms with Crippen LogP contribution >= 0.6 is 0 Å². The van der Waals surface area contributed by atoms with Gasteiger partial charge >= 0.3 is 0 Å². The van der Waals surface area contributed by atoms with Crippen molar-refractivity contribution in [2.24, 2.45) is 7.05 Å². The Morgan fingerprint density at radius 1 is 0.935 bits per heavy atom. The third-order valence-electron chi connectivity index (χ3n) is 5.26. The van der Waals surface area contributed by atoms with Crippen LogP contribution in [0.5, 0.6) is 0 Å². The molecule has 0 saturated heterocycles. The van der Waals surface area contributed by atoms with E-state index in [-0.39, 0.29) is 5.91 Å². The molecule has 31 heavy (non-hydrogen) atoms. The number of fused-ring (bicyclic) bond motifs is 1. The van der Waals surface area contributed by atoms with E-state index < -0.39 is 0 Å². The minimum atomic E-state index is -0.166. The summed E-state index contributed by atoms with van der Waals surface area (Å²) in [5.41, 5.74) is 6.30. The average molecular weight is 407 g/mol. The number of para-hydroxylation sites is 1. The van der Waals surface area contributed by atoms with E-state index in [1.165, 1.54) is 0 Å². The summed E-state index contributed by atoms with van der Waals surface area (Å²) in [6.45, 7) is 0.647. The molecule has 2 aromatic carbocycles. The van der Waals surface area contributed by atoms with Crippen LogP contribution in [0, 0.1) is 0 Å². The molecule has 0 aliphatic carbocycles. The molecule has 0 aliphatic heterocycles. The Bertz CT molecular complexity index is 1350. The maximum Gasteiger partial charge on any atom is 0.259 e. The van der Waals surface area contributed by atoms with Crippen LogP contribution < -0.4 is 5.32 Å². The van der Waals surface area contributed by atoms with Crippen LogP contribution in [-0.4, -0.2) is 25.2 Å². The Balaban J connectivity index is 1.43. The smallest absolute Gasteiger partial charge is 0.259 e. The summed E-state index contributed by atoms with van der Waals surface area (Å²) < 4.78 is 3.87. The van der Waals surface area contributed by atoms with Gasteiger partial charge in [0.1, 0.15) is 5.52 Å². The number of hydrogen-bond donors (Lipinski definition) is 1. The van der Waals surface area contributed by atoms with E-state index >= 15 is 0 Å². The summed E-state index contributed by atoms with van der Waals surface area (Å²) in [6.07, 6.45) is 7.45. The van der Waals surface area contributed by atoms with Crippen molar-refractivity contribution in [1.82, 2.24) is 19.3 Å². The van der Waals surface area contributed by atoms with E-state index in [9.17, 15) is 4.79 Å². The van der Waals surface area contributed by atoms with Crippen molar-refractivity contribution in [2.75, 3.05) is 5.32 Å². The van der Waals surface area contributed by atoms with Crippen LogP contribution in [0.15, 0.2) is 91.5 Å². The number of aromatic nitrogens is 4. The van der Waals surface area contributed by atoms with Crippen LogP contribution in [0.1, 0.15) is 15.9 Å². The summed E-state index contributed by atoms with van der Waals surface area (Å²) in [7, 11) is 1.91. The van der Waals surface area contributed by atoms with Crippen molar-refractivity contribution < 1.29 is 4.79 Å². The van der Waals surface area contributed by atoms with Gasteiger partial charge in [-0.05, 0) is 35.4 Å². The Morgan fingerprint density at radius 2 is 1.74 bits per heavy atom. The number of anilines is 1. The van der Waals surface area contributed by atoms with Crippen LogP contribution in [0.3, 0.4) is 0 Å². The number of pyridine rings is 1. The summed E-state index contributed by atoms with van der Waals surface area (Å²) in [5, 5.41) is 7.19. The molecule has 1 N–H and O–H groups in total. The third kappa shape index (κ3) is 3.83. The van der Waals surface area contributed by atoms with E-state index in [1.54, 1.807) is 10.9 Å². The van der Waals surface area contributed by atoms with Gasteiger partial charge in [0.25, 0.3) is 5.91 Å². The van der Waals surface area contributed by atoms with Gasteiger partial charge in [-0.2, -0.15) is 5.10 Å². The molecule has 0 aliphatic rings. The second-order valence-corrected chi connectivity index (χ2v) is 7.46. The van der Waals surface area contributed by atoms with Gasteiger partial charge in [0.2, 0.25) is 0 Å². The quantitative estimate of drug-likeness (QED) is 0.458. The fourth-order valence-corrected chi connectivity index (χ4v) is 3.71. The number of nitrogens with one attached hydrogen (secondary N) is 1. The molecule has 5 rings (SSSR count). The summed E-state index contributed by atoms with van der Waals surface area (Å²) in [6, 6.07) is 21.7. The maximum absolute atomic E-state index is 12.9. The lowest BCUT2D eigenvalue weighted by atomic mass is 10.1. The van der Waals surface area contributed by atoms with Crippen LogP contribution in [0.4, 0.5) is 5.69 Å². The number of carbonyl (C=O) groups excluding carboxylic acids is 1. The molecule has 0 radical (unpaired) electrons. The Hall–Kier alpha value is -4.19. The molecular formula is C25H21N5O. The van der Waals surface area contributed by atoms with E-state index in [0.717, 1.165) is 27.9 Å². The second kappa shape index (κ2) is 7.91. The molecule has 1 amide bonds. The van der Waals surface area contributed by atoms with E-state index in [0.29, 0.717) is 17.6 Å². The maximum atomic E-state index is 12.9. The normalized spacial score (nSPS) is 11.0. The van der Waals surface area contributed by atoms with E-state index in [1.807, 2.05) is 68.1 Å². The molecule has 3 aromatic heterocycles. The first-order valence-corrected chi connectivity index (χ1v) is 10.1. The van der Waals surface area contributed by atoms with Gasteiger partial charge in [-0.25, -0.2) is 0 Å². The van der Waals surface area contributed by atoms with Crippen molar-refractivity contribution in [1.29, 1.82) is 0 Å². The van der Waals surface area contributed by atoms with Crippen molar-refractivity contribution in [3.63, 3.8) is 0 Å². The van der Waals surface area contributed by atoms with Crippen LogP contribution in [-0.2, 0) is 13.6 Å². The van der Waals surface area contributed by atoms with Crippen molar-refractivity contribution in [3.05, 3.63) is 103 Å². The number of rotatable bonds is 5. The molecule has 0 bridgehead atoms. The molecule has 0 spiro atoms. The standard InChI is InChI=1S/C25H21N5O/c1-29-16-20(14-27-29)19-11-9-18(10-12-19)15-30-17-22(24-23(30)8-5-13-26-24)25(31)28-21-6-3-2-4-7-21/h2-14,16-17H,15H2,1H3,(H,28,31). The lowest BCUT2D eigenvalue weighted by Crippen LogP contribution is -2.11. The SMILES string of the molecule is Cn1cc(-c2ccc(Cn3cc(C(=O)Nc4ccccc4)c4ncccc43)cc2)cn1. The van der Waals surface area contributed by atoms with Gasteiger partial charge in [0.05, 0.1) is 17.3 Å². The highest BCUT2D eigenvalue weighted by Gasteiger charge is 2.16. The monoisotopic (exact) mass is 407 g/mol. The lowest BCUT2D eigenvalue weighted by molar-refractivity contribution is 0.102. The largest absolute Gasteiger partial charge is 0.341 e. The first-order chi connectivity index (χ1) is 15.2. The fraction of sp³-hybridized carbons (Fsp3) is 0.0800. The highest BCUT2D eigenvalue weighted by atomic mass is 16.1. The van der Waals surface area contributed by atoms with Crippen molar-refractivity contribution >= 4 is 22.6 Å². The highest BCUT2D eigenvalue weighted by Crippen LogP contribution is 2.23. The van der Waals surface area contributed by atoms with Gasteiger partial charge in [0.15, 0.2) is 0 Å². The van der Waals surface area contributed by atoms with Crippen LogP contribution in [0.2, 0.25) is 0 Å². The van der Waals surface area contributed by atoms with Gasteiger partial charge in [0, 0.05) is 43.4 Å². The number of nitrogens with zero attached hydrogens (tertiary/aromatic N) is 4. The molecule has 0 atom stereocenters. The Kier molecular flexibility index (Phi) is 4.80. The first-order valence-electron chi connectivity index (χ1n) is 10.1.